The number of furan rings is 1. The van der Waals surface area contributed by atoms with E-state index in [0.29, 0.717) is 24.2 Å². The van der Waals surface area contributed by atoms with E-state index in [1.54, 1.807) is 29.4 Å². The number of likely N-dealkylation sites (tertiary alicyclic amines) is 1. The molecule has 1 aliphatic heterocycles. The third kappa shape index (κ3) is 3.37. The molecule has 0 unspecified atom stereocenters. The van der Waals surface area contributed by atoms with Crippen molar-refractivity contribution in [3.8, 4) is 0 Å². The zero-order chi connectivity index (χ0) is 17.3. The van der Waals surface area contributed by atoms with Gasteiger partial charge in [-0.15, -0.1) is 0 Å². The molecule has 0 spiro atoms. The summed E-state index contributed by atoms with van der Waals surface area (Å²) in [5.74, 6) is -0.168. The molecule has 1 aromatic carbocycles. The Morgan fingerprint density at radius 3 is 2.79 bits per heavy atom. The van der Waals surface area contributed by atoms with Crippen LogP contribution >= 0.6 is 0 Å². The maximum Gasteiger partial charge on any atom is 0.410 e. The van der Waals surface area contributed by atoms with Crippen LogP contribution in [0.5, 0.6) is 0 Å². The molecule has 3 rings (SSSR count). The quantitative estimate of drug-likeness (QED) is 0.938. The van der Waals surface area contributed by atoms with Gasteiger partial charge in [-0.3, -0.25) is 4.79 Å². The van der Waals surface area contributed by atoms with Gasteiger partial charge < -0.3 is 19.4 Å². The van der Waals surface area contributed by atoms with Crippen molar-refractivity contribution in [2.45, 2.75) is 38.8 Å². The number of nitrogens with one attached hydrogen (secondary N) is 1. The maximum atomic E-state index is 12.4. The Balaban J connectivity index is 1.59. The van der Waals surface area contributed by atoms with Crippen LogP contribution in [0, 0.1) is 0 Å². The second-order valence-corrected chi connectivity index (χ2v) is 6.96. The molecule has 2 heterocycles. The van der Waals surface area contributed by atoms with Crippen LogP contribution < -0.4 is 5.32 Å². The van der Waals surface area contributed by atoms with Gasteiger partial charge >= 0.3 is 6.09 Å². The van der Waals surface area contributed by atoms with E-state index in [0.717, 1.165) is 11.8 Å². The SMILES string of the molecule is CC(C)(C)OC(=O)N1CC[C@H]1CNC(=O)c1cccc2occc12. The van der Waals surface area contributed by atoms with Crippen molar-refractivity contribution in [1.82, 2.24) is 10.2 Å². The van der Waals surface area contributed by atoms with E-state index in [1.165, 1.54) is 0 Å². The van der Waals surface area contributed by atoms with Gasteiger partial charge in [-0.2, -0.15) is 0 Å². The molecule has 6 heteroatoms. The number of fused-ring (bicyclic) bond motifs is 1. The number of amides is 2. The average Bonchev–Trinajstić information content (AvgIpc) is 2.92. The van der Waals surface area contributed by atoms with Crippen molar-refractivity contribution in [2.75, 3.05) is 13.1 Å². The summed E-state index contributed by atoms with van der Waals surface area (Å²) in [6.45, 7) is 6.59. The molecule has 2 aromatic rings. The number of ether oxygens (including phenoxy) is 1. The van der Waals surface area contributed by atoms with Gasteiger partial charge in [-0.1, -0.05) is 6.07 Å². The smallest absolute Gasteiger partial charge is 0.410 e. The van der Waals surface area contributed by atoms with Crippen molar-refractivity contribution in [1.29, 1.82) is 0 Å². The van der Waals surface area contributed by atoms with Crippen LogP contribution in [0.2, 0.25) is 0 Å². The minimum atomic E-state index is -0.516. The number of carbonyl (C=O) groups excluding carboxylic acids is 2. The second-order valence-electron chi connectivity index (χ2n) is 6.96. The van der Waals surface area contributed by atoms with Crippen LogP contribution in [-0.4, -0.2) is 41.6 Å². The minimum Gasteiger partial charge on any atom is -0.464 e. The lowest BCUT2D eigenvalue weighted by Gasteiger charge is -2.41. The van der Waals surface area contributed by atoms with Crippen molar-refractivity contribution in [3.63, 3.8) is 0 Å². The number of nitrogens with zero attached hydrogens (tertiary/aromatic N) is 1. The van der Waals surface area contributed by atoms with Gasteiger partial charge in [-0.05, 0) is 45.4 Å². The lowest BCUT2D eigenvalue weighted by atomic mass is 10.0. The van der Waals surface area contributed by atoms with E-state index in [1.807, 2.05) is 26.8 Å². The zero-order valence-corrected chi connectivity index (χ0v) is 14.2. The van der Waals surface area contributed by atoms with Crippen LogP contribution in [0.4, 0.5) is 4.79 Å². The Hall–Kier alpha value is -2.50. The molecule has 1 atom stereocenters. The van der Waals surface area contributed by atoms with Crippen LogP contribution in [-0.2, 0) is 4.74 Å². The maximum absolute atomic E-state index is 12.4. The largest absolute Gasteiger partial charge is 0.464 e. The molecule has 0 radical (unpaired) electrons. The standard InChI is InChI=1S/C18H22N2O4/c1-18(2,3)24-17(22)20-9-7-12(20)11-19-16(21)14-5-4-6-15-13(14)8-10-23-15/h4-6,8,10,12H,7,9,11H2,1-3H3,(H,19,21)/t12-/m0/s1. The van der Waals surface area contributed by atoms with Crippen molar-refractivity contribution >= 4 is 23.0 Å². The van der Waals surface area contributed by atoms with Crippen molar-refractivity contribution in [3.05, 3.63) is 36.1 Å². The molecule has 0 saturated carbocycles. The van der Waals surface area contributed by atoms with E-state index in [2.05, 4.69) is 5.32 Å². The molecule has 128 valence electrons. The van der Waals surface area contributed by atoms with Crippen molar-refractivity contribution in [2.24, 2.45) is 0 Å². The third-order valence-electron chi connectivity index (χ3n) is 4.01. The fourth-order valence-corrected chi connectivity index (χ4v) is 2.71. The lowest BCUT2D eigenvalue weighted by Crippen LogP contribution is -2.56. The summed E-state index contributed by atoms with van der Waals surface area (Å²) >= 11 is 0. The average molecular weight is 330 g/mol. The zero-order valence-electron chi connectivity index (χ0n) is 14.2. The summed E-state index contributed by atoms with van der Waals surface area (Å²) in [6, 6.07) is 7.13. The fraction of sp³-hybridized carbons (Fsp3) is 0.444. The Kier molecular flexibility index (Phi) is 4.22. The summed E-state index contributed by atoms with van der Waals surface area (Å²) < 4.78 is 10.7. The molecular formula is C18H22N2O4. The predicted octanol–water partition coefficient (Wildman–Crippen LogP) is 3.17. The first-order chi connectivity index (χ1) is 11.3. The number of hydrogen-bond donors (Lipinski definition) is 1. The summed E-state index contributed by atoms with van der Waals surface area (Å²) in [5, 5.41) is 3.69. The fourth-order valence-electron chi connectivity index (χ4n) is 2.71. The number of hydrogen-bond acceptors (Lipinski definition) is 4. The molecule has 24 heavy (non-hydrogen) atoms. The Morgan fingerprint density at radius 1 is 1.33 bits per heavy atom. The summed E-state index contributed by atoms with van der Waals surface area (Å²) in [6.07, 6.45) is 2.09. The molecule has 1 fully saturated rings. The highest BCUT2D eigenvalue weighted by Gasteiger charge is 2.35. The monoisotopic (exact) mass is 330 g/mol. The number of rotatable bonds is 3. The van der Waals surface area contributed by atoms with Gasteiger partial charge in [0.2, 0.25) is 0 Å². The van der Waals surface area contributed by atoms with E-state index in [9.17, 15) is 9.59 Å². The van der Waals surface area contributed by atoms with E-state index < -0.39 is 5.60 Å². The summed E-state index contributed by atoms with van der Waals surface area (Å²) in [5.41, 5.74) is 0.739. The highest BCUT2D eigenvalue weighted by Crippen LogP contribution is 2.22. The molecule has 1 saturated heterocycles. The third-order valence-corrected chi connectivity index (χ3v) is 4.01. The second kappa shape index (κ2) is 6.19. The van der Waals surface area contributed by atoms with Crippen LogP contribution in [0.15, 0.2) is 34.9 Å². The highest BCUT2D eigenvalue weighted by molar-refractivity contribution is 6.05. The molecule has 0 bridgehead atoms. The number of benzene rings is 1. The molecule has 6 nitrogen and oxygen atoms in total. The first-order valence-electron chi connectivity index (χ1n) is 8.09. The Morgan fingerprint density at radius 2 is 2.12 bits per heavy atom. The Bertz CT molecular complexity index is 760. The number of carbonyl (C=O) groups is 2. The van der Waals surface area contributed by atoms with Gasteiger partial charge in [0.25, 0.3) is 5.91 Å². The van der Waals surface area contributed by atoms with E-state index >= 15 is 0 Å². The van der Waals surface area contributed by atoms with Gasteiger partial charge in [0.05, 0.1) is 17.9 Å². The molecule has 1 aromatic heterocycles. The van der Waals surface area contributed by atoms with Crippen molar-refractivity contribution < 1.29 is 18.7 Å². The molecule has 0 aliphatic carbocycles. The first kappa shape index (κ1) is 16.4. The summed E-state index contributed by atoms with van der Waals surface area (Å²) in [7, 11) is 0. The van der Waals surface area contributed by atoms with E-state index in [-0.39, 0.29) is 18.0 Å². The van der Waals surface area contributed by atoms with E-state index in [4.69, 9.17) is 9.15 Å². The topological polar surface area (TPSA) is 71.8 Å². The van der Waals surface area contributed by atoms with Crippen LogP contribution in [0.3, 0.4) is 0 Å². The molecule has 2 amide bonds. The molecular weight excluding hydrogens is 308 g/mol. The van der Waals surface area contributed by atoms with Gasteiger partial charge in [0, 0.05) is 18.5 Å². The molecule has 1 N–H and O–H groups in total. The van der Waals surface area contributed by atoms with Gasteiger partial charge in [0.15, 0.2) is 0 Å². The van der Waals surface area contributed by atoms with Gasteiger partial charge in [-0.25, -0.2) is 4.79 Å². The lowest BCUT2D eigenvalue weighted by molar-refractivity contribution is -0.00487. The minimum absolute atomic E-state index is 0.0210. The Labute approximate surface area is 140 Å². The predicted molar refractivity (Wildman–Crippen MR) is 89.9 cm³/mol. The normalized spacial score (nSPS) is 17.5. The highest BCUT2D eigenvalue weighted by atomic mass is 16.6. The van der Waals surface area contributed by atoms with Crippen LogP contribution in [0.25, 0.3) is 11.0 Å². The summed E-state index contributed by atoms with van der Waals surface area (Å²) in [4.78, 5) is 26.2. The molecule has 1 aliphatic rings. The van der Waals surface area contributed by atoms with Gasteiger partial charge in [0.1, 0.15) is 11.2 Å². The van der Waals surface area contributed by atoms with Crippen LogP contribution in [0.1, 0.15) is 37.6 Å². The first-order valence-corrected chi connectivity index (χ1v) is 8.09.